The maximum Gasteiger partial charge on any atom is 0.191 e. The number of rotatable bonds is 6. The van der Waals surface area contributed by atoms with Crippen molar-refractivity contribution in [3.63, 3.8) is 0 Å². The number of halogens is 2. The van der Waals surface area contributed by atoms with Gasteiger partial charge >= 0.3 is 0 Å². The van der Waals surface area contributed by atoms with E-state index in [1.54, 1.807) is 7.05 Å². The number of aliphatic imine (C=N–C) groups is 1. The van der Waals surface area contributed by atoms with Crippen LogP contribution < -0.4 is 10.6 Å². The summed E-state index contributed by atoms with van der Waals surface area (Å²) in [6, 6.07) is 18.2. The summed E-state index contributed by atoms with van der Waals surface area (Å²) in [4.78, 5) is 8.78. The molecule has 0 amide bonds. The van der Waals surface area contributed by atoms with Crippen molar-refractivity contribution < 1.29 is 0 Å². The Morgan fingerprint density at radius 1 is 1.14 bits per heavy atom. The molecule has 0 saturated heterocycles. The molecule has 0 saturated carbocycles. The number of nitrogens with zero attached hydrogens (tertiary/aromatic N) is 3. The molecule has 148 valence electrons. The van der Waals surface area contributed by atoms with Gasteiger partial charge in [0, 0.05) is 31.0 Å². The fourth-order valence-electron chi connectivity index (χ4n) is 2.90. The molecule has 2 aromatic carbocycles. The standard InChI is InChI=1S/C21H24ClN5.HI/c1-16(18-10-6-7-11-19(18)22)26-21(23-2)25-14-20-24-12-13-27(20)15-17-8-4-3-5-9-17;/h3-13,16H,14-15H2,1-2H3,(H2,23,25,26);1H. The molecule has 0 fully saturated rings. The van der Waals surface area contributed by atoms with Crippen LogP contribution in [-0.4, -0.2) is 22.6 Å². The largest absolute Gasteiger partial charge is 0.350 e. The van der Waals surface area contributed by atoms with Gasteiger partial charge < -0.3 is 15.2 Å². The fourth-order valence-corrected chi connectivity index (χ4v) is 3.20. The summed E-state index contributed by atoms with van der Waals surface area (Å²) in [6.07, 6.45) is 3.81. The Labute approximate surface area is 188 Å². The van der Waals surface area contributed by atoms with Crippen molar-refractivity contribution in [2.75, 3.05) is 7.05 Å². The molecule has 0 radical (unpaired) electrons. The molecule has 1 aromatic heterocycles. The maximum absolute atomic E-state index is 6.29. The van der Waals surface area contributed by atoms with Gasteiger partial charge in [-0.25, -0.2) is 4.98 Å². The maximum atomic E-state index is 6.29. The van der Waals surface area contributed by atoms with Crippen LogP contribution in [0.3, 0.4) is 0 Å². The third-order valence-corrected chi connectivity index (χ3v) is 4.70. The summed E-state index contributed by atoms with van der Waals surface area (Å²) in [5.41, 5.74) is 2.28. The van der Waals surface area contributed by atoms with Crippen LogP contribution in [0.5, 0.6) is 0 Å². The number of hydrogen-bond donors (Lipinski definition) is 2. The number of hydrogen-bond acceptors (Lipinski definition) is 2. The Bertz CT molecular complexity index is 895. The molecule has 0 aliphatic heterocycles. The van der Waals surface area contributed by atoms with Crippen LogP contribution >= 0.6 is 35.6 Å². The van der Waals surface area contributed by atoms with Gasteiger partial charge in [-0.05, 0) is 24.1 Å². The number of imidazole rings is 1. The number of guanidine groups is 1. The molecule has 3 rings (SSSR count). The first-order chi connectivity index (χ1) is 13.2. The van der Waals surface area contributed by atoms with Gasteiger partial charge in [-0.1, -0.05) is 60.1 Å². The van der Waals surface area contributed by atoms with Crippen LogP contribution in [0.4, 0.5) is 0 Å². The highest BCUT2D eigenvalue weighted by Crippen LogP contribution is 2.21. The summed E-state index contributed by atoms with van der Waals surface area (Å²) in [5, 5.41) is 7.45. The van der Waals surface area contributed by atoms with E-state index in [1.165, 1.54) is 5.56 Å². The number of benzene rings is 2. The summed E-state index contributed by atoms with van der Waals surface area (Å²) < 4.78 is 2.13. The van der Waals surface area contributed by atoms with Crippen LogP contribution in [0.1, 0.15) is 29.9 Å². The molecule has 1 heterocycles. The van der Waals surface area contributed by atoms with E-state index < -0.39 is 0 Å². The predicted octanol–water partition coefficient (Wildman–Crippen LogP) is 4.63. The molecule has 1 unspecified atom stereocenters. The average molecular weight is 510 g/mol. The molecular formula is C21H25ClIN5. The minimum Gasteiger partial charge on any atom is -0.350 e. The van der Waals surface area contributed by atoms with Crippen molar-refractivity contribution in [1.82, 2.24) is 20.2 Å². The third kappa shape index (κ3) is 5.97. The van der Waals surface area contributed by atoms with E-state index in [2.05, 4.69) is 44.2 Å². The average Bonchev–Trinajstić information content (AvgIpc) is 3.13. The molecule has 0 bridgehead atoms. The molecule has 3 aromatic rings. The fraction of sp³-hybridized carbons (Fsp3) is 0.238. The van der Waals surface area contributed by atoms with Gasteiger partial charge in [-0.15, -0.1) is 24.0 Å². The van der Waals surface area contributed by atoms with Crippen molar-refractivity contribution in [3.05, 3.63) is 89.0 Å². The lowest BCUT2D eigenvalue weighted by atomic mass is 10.1. The number of nitrogens with one attached hydrogen (secondary N) is 2. The highest BCUT2D eigenvalue weighted by molar-refractivity contribution is 14.0. The quantitative estimate of drug-likeness (QED) is 0.289. The monoisotopic (exact) mass is 509 g/mol. The third-order valence-electron chi connectivity index (χ3n) is 4.36. The molecule has 7 heteroatoms. The topological polar surface area (TPSA) is 54.2 Å². The van der Waals surface area contributed by atoms with Gasteiger partial charge in [-0.2, -0.15) is 0 Å². The van der Waals surface area contributed by atoms with E-state index in [1.807, 2.05) is 54.9 Å². The Kier molecular flexibility index (Phi) is 8.79. The van der Waals surface area contributed by atoms with Crippen LogP contribution in [-0.2, 0) is 13.1 Å². The lowest BCUT2D eigenvalue weighted by Crippen LogP contribution is -2.38. The predicted molar refractivity (Wildman–Crippen MR) is 126 cm³/mol. The Morgan fingerprint density at radius 2 is 1.86 bits per heavy atom. The van der Waals surface area contributed by atoms with Crippen molar-refractivity contribution in [2.24, 2.45) is 4.99 Å². The van der Waals surface area contributed by atoms with E-state index in [4.69, 9.17) is 11.6 Å². The lowest BCUT2D eigenvalue weighted by Gasteiger charge is -2.19. The normalized spacial score (nSPS) is 12.2. The van der Waals surface area contributed by atoms with Gasteiger partial charge in [0.25, 0.3) is 0 Å². The summed E-state index contributed by atoms with van der Waals surface area (Å²) in [5.74, 6) is 1.66. The second-order valence-corrected chi connectivity index (χ2v) is 6.68. The zero-order valence-electron chi connectivity index (χ0n) is 16.0. The van der Waals surface area contributed by atoms with Crippen molar-refractivity contribution in [3.8, 4) is 0 Å². The molecule has 1 atom stereocenters. The van der Waals surface area contributed by atoms with Crippen molar-refractivity contribution in [2.45, 2.75) is 26.1 Å². The lowest BCUT2D eigenvalue weighted by molar-refractivity contribution is 0.658. The van der Waals surface area contributed by atoms with Gasteiger partial charge in [0.1, 0.15) is 5.82 Å². The SMILES string of the molecule is CN=C(NCc1nccn1Cc1ccccc1)NC(C)c1ccccc1Cl.I. The van der Waals surface area contributed by atoms with E-state index in [0.29, 0.717) is 12.5 Å². The van der Waals surface area contributed by atoms with Gasteiger partial charge in [0.2, 0.25) is 0 Å². The smallest absolute Gasteiger partial charge is 0.191 e. The van der Waals surface area contributed by atoms with Crippen LogP contribution in [0.25, 0.3) is 0 Å². The zero-order chi connectivity index (χ0) is 19.1. The molecule has 2 N–H and O–H groups in total. The Hall–Kier alpha value is -2.06. The number of aromatic nitrogens is 2. The first-order valence-corrected chi connectivity index (χ1v) is 9.30. The van der Waals surface area contributed by atoms with Gasteiger partial charge in [0.05, 0.1) is 12.6 Å². The van der Waals surface area contributed by atoms with E-state index in [0.717, 1.165) is 23.0 Å². The van der Waals surface area contributed by atoms with Crippen LogP contribution in [0.15, 0.2) is 72.0 Å². The van der Waals surface area contributed by atoms with Gasteiger partial charge in [0.15, 0.2) is 5.96 Å². The molecule has 0 aliphatic carbocycles. The van der Waals surface area contributed by atoms with E-state index >= 15 is 0 Å². The summed E-state index contributed by atoms with van der Waals surface area (Å²) in [7, 11) is 1.76. The minimum atomic E-state index is 0. The molecule has 0 aliphatic rings. The molecule has 28 heavy (non-hydrogen) atoms. The first-order valence-electron chi connectivity index (χ1n) is 8.93. The van der Waals surface area contributed by atoms with Gasteiger partial charge in [-0.3, -0.25) is 4.99 Å². The van der Waals surface area contributed by atoms with Crippen LogP contribution in [0, 0.1) is 0 Å². The van der Waals surface area contributed by atoms with E-state index in [9.17, 15) is 0 Å². The molecular weight excluding hydrogens is 485 g/mol. The molecule has 0 spiro atoms. The highest BCUT2D eigenvalue weighted by atomic mass is 127. The van der Waals surface area contributed by atoms with E-state index in [-0.39, 0.29) is 30.0 Å². The van der Waals surface area contributed by atoms with Crippen LogP contribution in [0.2, 0.25) is 5.02 Å². The molecule has 5 nitrogen and oxygen atoms in total. The second-order valence-electron chi connectivity index (χ2n) is 6.27. The summed E-state index contributed by atoms with van der Waals surface area (Å²) in [6.45, 7) is 3.43. The summed E-state index contributed by atoms with van der Waals surface area (Å²) >= 11 is 6.29. The second kappa shape index (κ2) is 11.1. The van der Waals surface area contributed by atoms with Crippen molar-refractivity contribution >= 4 is 41.5 Å². The first kappa shape index (κ1) is 22.2. The minimum absolute atomic E-state index is 0. The Morgan fingerprint density at radius 3 is 2.57 bits per heavy atom. The zero-order valence-corrected chi connectivity index (χ0v) is 19.1. The van der Waals surface area contributed by atoms with Crippen molar-refractivity contribution in [1.29, 1.82) is 0 Å². The highest BCUT2D eigenvalue weighted by Gasteiger charge is 2.11. The Balaban J connectivity index is 0.00000280.